The van der Waals surface area contributed by atoms with E-state index in [0.29, 0.717) is 5.41 Å². The first kappa shape index (κ1) is 16.3. The molecule has 118 valence electrons. The first-order valence-electron chi connectivity index (χ1n) is 9.01. The molecule has 0 spiro atoms. The number of nitrogens with zero attached hydrogens (tertiary/aromatic N) is 1. The van der Waals surface area contributed by atoms with E-state index in [1.165, 1.54) is 58.2 Å². The van der Waals surface area contributed by atoms with Crippen LogP contribution in [0.5, 0.6) is 0 Å². The molecule has 0 aromatic heterocycles. The fourth-order valence-corrected chi connectivity index (χ4v) is 4.75. The summed E-state index contributed by atoms with van der Waals surface area (Å²) in [5, 5.41) is 3.67. The highest BCUT2D eigenvalue weighted by atomic mass is 15.2. The monoisotopic (exact) mass is 280 g/mol. The fourth-order valence-electron chi connectivity index (χ4n) is 4.75. The van der Waals surface area contributed by atoms with Crippen molar-refractivity contribution in [2.45, 2.75) is 72.3 Å². The average molecular weight is 280 g/mol. The summed E-state index contributed by atoms with van der Waals surface area (Å²) in [5.41, 5.74) is 0.547. The summed E-state index contributed by atoms with van der Waals surface area (Å²) >= 11 is 0. The number of hydrogen-bond acceptors (Lipinski definition) is 2. The van der Waals surface area contributed by atoms with Crippen molar-refractivity contribution in [3.05, 3.63) is 0 Å². The molecular weight excluding hydrogens is 244 g/mol. The van der Waals surface area contributed by atoms with Crippen LogP contribution in [0, 0.1) is 17.3 Å². The maximum Gasteiger partial charge on any atom is 0.0119 e. The minimum absolute atomic E-state index is 0.547. The predicted molar refractivity (Wildman–Crippen MR) is 88.0 cm³/mol. The summed E-state index contributed by atoms with van der Waals surface area (Å²) < 4.78 is 0. The Bertz CT molecular complexity index is 289. The van der Waals surface area contributed by atoms with Crippen LogP contribution < -0.4 is 5.32 Å². The Morgan fingerprint density at radius 2 is 2.05 bits per heavy atom. The molecule has 1 aliphatic heterocycles. The third kappa shape index (κ3) is 3.98. The van der Waals surface area contributed by atoms with Gasteiger partial charge < -0.3 is 5.32 Å². The van der Waals surface area contributed by atoms with Crippen molar-refractivity contribution in [3.8, 4) is 0 Å². The fraction of sp³-hybridized carbons (Fsp3) is 1.00. The Labute approximate surface area is 126 Å². The minimum Gasteiger partial charge on any atom is -0.316 e. The molecule has 0 bridgehead atoms. The van der Waals surface area contributed by atoms with Crippen molar-refractivity contribution in [2.75, 3.05) is 26.2 Å². The van der Waals surface area contributed by atoms with Gasteiger partial charge in [-0.3, -0.25) is 4.90 Å². The van der Waals surface area contributed by atoms with Gasteiger partial charge in [0.1, 0.15) is 0 Å². The normalized spacial score (nSPS) is 35.9. The van der Waals surface area contributed by atoms with Crippen LogP contribution in [0.25, 0.3) is 0 Å². The summed E-state index contributed by atoms with van der Waals surface area (Å²) in [6, 6.07) is 0.839. The largest absolute Gasteiger partial charge is 0.316 e. The summed E-state index contributed by atoms with van der Waals surface area (Å²) in [6.45, 7) is 14.5. The van der Waals surface area contributed by atoms with Crippen LogP contribution in [0.3, 0.4) is 0 Å². The van der Waals surface area contributed by atoms with E-state index in [4.69, 9.17) is 0 Å². The molecule has 3 atom stereocenters. The molecule has 0 aromatic rings. The van der Waals surface area contributed by atoms with Crippen molar-refractivity contribution in [1.82, 2.24) is 10.2 Å². The van der Waals surface area contributed by atoms with Crippen molar-refractivity contribution in [1.29, 1.82) is 0 Å². The van der Waals surface area contributed by atoms with Crippen molar-refractivity contribution >= 4 is 0 Å². The maximum absolute atomic E-state index is 3.67. The molecule has 2 nitrogen and oxygen atoms in total. The summed E-state index contributed by atoms with van der Waals surface area (Å²) in [4.78, 5) is 2.83. The smallest absolute Gasteiger partial charge is 0.0119 e. The molecule has 20 heavy (non-hydrogen) atoms. The highest BCUT2D eigenvalue weighted by Crippen LogP contribution is 2.41. The van der Waals surface area contributed by atoms with Crippen LogP contribution in [0.4, 0.5) is 0 Å². The molecule has 1 N–H and O–H groups in total. The highest BCUT2D eigenvalue weighted by molar-refractivity contribution is 4.93. The van der Waals surface area contributed by atoms with E-state index < -0.39 is 0 Å². The summed E-state index contributed by atoms with van der Waals surface area (Å²) in [5.74, 6) is 1.73. The van der Waals surface area contributed by atoms with E-state index in [-0.39, 0.29) is 0 Å². The summed E-state index contributed by atoms with van der Waals surface area (Å²) in [6.07, 6.45) is 8.58. The molecule has 2 rings (SSSR count). The van der Waals surface area contributed by atoms with E-state index in [2.05, 4.69) is 37.9 Å². The Hall–Kier alpha value is -0.0800. The molecule has 3 unspecified atom stereocenters. The Morgan fingerprint density at radius 1 is 1.25 bits per heavy atom. The Morgan fingerprint density at radius 3 is 2.70 bits per heavy atom. The third-order valence-electron chi connectivity index (χ3n) is 5.66. The zero-order chi connectivity index (χ0) is 14.6. The van der Waals surface area contributed by atoms with Crippen LogP contribution in [-0.2, 0) is 0 Å². The van der Waals surface area contributed by atoms with Gasteiger partial charge in [-0.2, -0.15) is 0 Å². The van der Waals surface area contributed by atoms with Gasteiger partial charge in [0.25, 0.3) is 0 Å². The zero-order valence-electron chi connectivity index (χ0n) is 14.3. The Kier molecular flexibility index (Phi) is 5.92. The van der Waals surface area contributed by atoms with Gasteiger partial charge in [0.2, 0.25) is 0 Å². The molecule has 1 saturated carbocycles. The van der Waals surface area contributed by atoms with Crippen LogP contribution in [0.1, 0.15) is 66.2 Å². The van der Waals surface area contributed by atoms with Gasteiger partial charge in [-0.1, -0.05) is 40.5 Å². The number of likely N-dealkylation sites (tertiary alicyclic amines) is 1. The molecule has 2 aliphatic rings. The quantitative estimate of drug-likeness (QED) is 0.793. The van der Waals surface area contributed by atoms with E-state index in [9.17, 15) is 0 Å². The highest BCUT2D eigenvalue weighted by Gasteiger charge is 2.39. The molecule has 0 radical (unpaired) electrons. The van der Waals surface area contributed by atoms with Crippen LogP contribution >= 0.6 is 0 Å². The second-order valence-electron chi connectivity index (χ2n) is 7.91. The first-order chi connectivity index (χ1) is 9.56. The van der Waals surface area contributed by atoms with Gasteiger partial charge in [-0.05, 0) is 56.0 Å². The van der Waals surface area contributed by atoms with Gasteiger partial charge in [0.05, 0.1) is 0 Å². The minimum atomic E-state index is 0.547. The number of nitrogens with one attached hydrogen (secondary N) is 1. The lowest BCUT2D eigenvalue weighted by Gasteiger charge is -2.44. The van der Waals surface area contributed by atoms with E-state index in [1.54, 1.807) is 0 Å². The topological polar surface area (TPSA) is 15.3 Å². The van der Waals surface area contributed by atoms with Crippen molar-refractivity contribution < 1.29 is 0 Å². The van der Waals surface area contributed by atoms with Gasteiger partial charge in [-0.15, -0.1) is 0 Å². The molecule has 0 aromatic carbocycles. The lowest BCUT2D eigenvalue weighted by Crippen LogP contribution is -2.48. The van der Waals surface area contributed by atoms with Crippen LogP contribution in [-0.4, -0.2) is 37.1 Å². The lowest BCUT2D eigenvalue weighted by atomic mass is 9.69. The molecule has 2 fully saturated rings. The standard InChI is InChI=1S/C18H36N2/c1-5-19-13-18(10-6-8-16(4)12-18)14-20-11-7-9-17(20)15(2)3/h15-17,19H,5-14H2,1-4H3. The van der Waals surface area contributed by atoms with E-state index in [1.807, 2.05) is 0 Å². The van der Waals surface area contributed by atoms with Crippen molar-refractivity contribution in [3.63, 3.8) is 0 Å². The first-order valence-corrected chi connectivity index (χ1v) is 9.01. The molecule has 1 saturated heterocycles. The van der Waals surface area contributed by atoms with Gasteiger partial charge >= 0.3 is 0 Å². The molecule has 2 heteroatoms. The van der Waals surface area contributed by atoms with E-state index in [0.717, 1.165) is 24.4 Å². The number of hydrogen-bond donors (Lipinski definition) is 1. The van der Waals surface area contributed by atoms with Crippen LogP contribution in [0.2, 0.25) is 0 Å². The van der Waals surface area contributed by atoms with Crippen molar-refractivity contribution in [2.24, 2.45) is 17.3 Å². The van der Waals surface area contributed by atoms with Gasteiger partial charge in [0, 0.05) is 19.1 Å². The van der Waals surface area contributed by atoms with Gasteiger partial charge in [-0.25, -0.2) is 0 Å². The zero-order valence-corrected chi connectivity index (χ0v) is 14.3. The molecule has 0 amide bonds. The Balaban J connectivity index is 2.03. The second-order valence-corrected chi connectivity index (χ2v) is 7.91. The summed E-state index contributed by atoms with van der Waals surface area (Å²) in [7, 11) is 0. The van der Waals surface area contributed by atoms with E-state index >= 15 is 0 Å². The molecule has 1 aliphatic carbocycles. The SMILES string of the molecule is CCNCC1(CN2CCCC2C(C)C)CCCC(C)C1. The lowest BCUT2D eigenvalue weighted by molar-refractivity contribution is 0.0645. The van der Waals surface area contributed by atoms with Crippen LogP contribution in [0.15, 0.2) is 0 Å². The van der Waals surface area contributed by atoms with Gasteiger partial charge in [0.15, 0.2) is 0 Å². The maximum atomic E-state index is 3.67. The third-order valence-corrected chi connectivity index (χ3v) is 5.66. The average Bonchev–Trinajstić information content (AvgIpc) is 2.84. The predicted octanol–water partition coefficient (Wildman–Crippen LogP) is 3.91. The molecule has 1 heterocycles. The second kappa shape index (κ2) is 7.26. The molecular formula is C18H36N2. The number of rotatable bonds is 6.